The molecule has 0 radical (unpaired) electrons. The molecule has 1 fully saturated rings. The maximum absolute atomic E-state index is 10.8. The average molecular weight is 314 g/mol. The molecule has 0 heterocycles. The van der Waals surface area contributed by atoms with Crippen molar-refractivity contribution in [3.63, 3.8) is 0 Å². The van der Waals surface area contributed by atoms with Gasteiger partial charge in [-0.3, -0.25) is 0 Å². The summed E-state index contributed by atoms with van der Waals surface area (Å²) in [5, 5.41) is 12.2. The molecular weight excluding hydrogens is 298 g/mol. The molecule has 5 heteroatoms. The van der Waals surface area contributed by atoms with Crippen molar-refractivity contribution in [3.8, 4) is 0 Å². The molecule has 1 aliphatic carbocycles. The Bertz CT molecular complexity index is 452. The summed E-state index contributed by atoms with van der Waals surface area (Å²) in [5.74, 6) is -0.922. The zero-order valence-corrected chi connectivity index (χ0v) is 11.8. The molecule has 0 atom stereocenters. The van der Waals surface area contributed by atoms with E-state index in [9.17, 15) is 4.79 Å². The van der Waals surface area contributed by atoms with Gasteiger partial charge in [-0.05, 0) is 53.4 Å². The number of aromatic carboxylic acids is 1. The Morgan fingerprint density at radius 1 is 1.56 bits per heavy atom. The van der Waals surface area contributed by atoms with Gasteiger partial charge in [-0.1, -0.05) is 0 Å². The van der Waals surface area contributed by atoms with Crippen LogP contribution in [0.5, 0.6) is 0 Å². The van der Waals surface area contributed by atoms with E-state index in [1.165, 1.54) is 6.42 Å². The van der Waals surface area contributed by atoms with Crippen molar-refractivity contribution in [2.75, 3.05) is 19.0 Å². The van der Waals surface area contributed by atoms with Crippen LogP contribution in [-0.4, -0.2) is 30.3 Å². The van der Waals surface area contributed by atoms with Gasteiger partial charge in [0.15, 0.2) is 0 Å². The molecule has 1 aromatic rings. The first-order valence-corrected chi connectivity index (χ1v) is 6.67. The minimum Gasteiger partial charge on any atom is -0.478 e. The summed E-state index contributed by atoms with van der Waals surface area (Å²) in [6.07, 6.45) is 3.34. The van der Waals surface area contributed by atoms with Crippen LogP contribution in [0.4, 0.5) is 5.69 Å². The van der Waals surface area contributed by atoms with Gasteiger partial charge in [0.1, 0.15) is 0 Å². The highest BCUT2D eigenvalue weighted by Crippen LogP contribution is 2.35. The number of carboxylic acid groups (broad SMARTS) is 1. The molecule has 1 aliphatic rings. The smallest absolute Gasteiger partial charge is 0.335 e. The Kier molecular flexibility index (Phi) is 3.92. The first-order valence-electron chi connectivity index (χ1n) is 5.88. The molecule has 1 saturated carbocycles. The van der Waals surface area contributed by atoms with Crippen molar-refractivity contribution >= 4 is 27.6 Å². The van der Waals surface area contributed by atoms with Crippen LogP contribution in [0.15, 0.2) is 22.7 Å². The van der Waals surface area contributed by atoms with Gasteiger partial charge in [-0.2, -0.15) is 0 Å². The van der Waals surface area contributed by atoms with Gasteiger partial charge in [0.05, 0.1) is 11.2 Å². The number of carboxylic acids is 1. The predicted octanol–water partition coefficient (Wildman–Crippen LogP) is 3.13. The molecular formula is C13H16BrNO3. The molecule has 18 heavy (non-hydrogen) atoms. The van der Waals surface area contributed by atoms with Gasteiger partial charge in [0, 0.05) is 23.8 Å². The molecule has 0 amide bonds. The largest absolute Gasteiger partial charge is 0.478 e. The Labute approximate surface area is 114 Å². The van der Waals surface area contributed by atoms with E-state index in [2.05, 4.69) is 21.2 Å². The van der Waals surface area contributed by atoms with E-state index in [0.717, 1.165) is 29.5 Å². The molecule has 1 aromatic carbocycles. The number of anilines is 1. The normalized spacial score (nSPS) is 17.0. The van der Waals surface area contributed by atoms with E-state index in [1.54, 1.807) is 25.3 Å². The van der Waals surface area contributed by atoms with Gasteiger partial charge in [0.25, 0.3) is 0 Å². The van der Waals surface area contributed by atoms with Gasteiger partial charge >= 0.3 is 5.97 Å². The summed E-state index contributed by atoms with van der Waals surface area (Å²) >= 11 is 3.38. The van der Waals surface area contributed by atoms with Crippen molar-refractivity contribution in [2.45, 2.75) is 24.9 Å². The molecule has 0 saturated heterocycles. The summed E-state index contributed by atoms with van der Waals surface area (Å²) in [6, 6.07) is 4.97. The number of halogens is 1. The van der Waals surface area contributed by atoms with Crippen molar-refractivity contribution in [3.05, 3.63) is 28.2 Å². The highest BCUT2D eigenvalue weighted by molar-refractivity contribution is 9.10. The van der Waals surface area contributed by atoms with E-state index < -0.39 is 5.97 Å². The third-order valence-electron chi connectivity index (χ3n) is 3.51. The number of nitrogens with one attached hydrogen (secondary N) is 1. The molecule has 0 aliphatic heterocycles. The maximum atomic E-state index is 10.8. The van der Waals surface area contributed by atoms with Gasteiger partial charge in [-0.15, -0.1) is 0 Å². The van der Waals surface area contributed by atoms with E-state index >= 15 is 0 Å². The molecule has 0 bridgehead atoms. The van der Waals surface area contributed by atoms with E-state index in [0.29, 0.717) is 0 Å². The van der Waals surface area contributed by atoms with Crippen LogP contribution >= 0.6 is 15.9 Å². The highest BCUT2D eigenvalue weighted by atomic mass is 79.9. The minimum absolute atomic E-state index is 0.0507. The first-order chi connectivity index (χ1) is 8.56. The van der Waals surface area contributed by atoms with Crippen molar-refractivity contribution in [1.82, 2.24) is 0 Å². The van der Waals surface area contributed by atoms with Crippen molar-refractivity contribution in [2.24, 2.45) is 0 Å². The lowest BCUT2D eigenvalue weighted by atomic mass is 9.80. The van der Waals surface area contributed by atoms with Gasteiger partial charge in [-0.25, -0.2) is 4.79 Å². The summed E-state index contributed by atoms with van der Waals surface area (Å²) in [7, 11) is 1.74. The highest BCUT2D eigenvalue weighted by Gasteiger charge is 2.36. The van der Waals surface area contributed by atoms with Crippen LogP contribution < -0.4 is 5.32 Å². The van der Waals surface area contributed by atoms with Crippen LogP contribution in [-0.2, 0) is 4.74 Å². The summed E-state index contributed by atoms with van der Waals surface area (Å²) in [4.78, 5) is 10.8. The van der Waals surface area contributed by atoms with Crippen LogP contribution in [0.1, 0.15) is 29.6 Å². The second-order valence-corrected chi connectivity index (χ2v) is 5.45. The maximum Gasteiger partial charge on any atom is 0.335 e. The molecule has 2 rings (SSSR count). The lowest BCUT2D eigenvalue weighted by molar-refractivity contribution is -0.0601. The fourth-order valence-corrected chi connectivity index (χ4v) is 2.59. The van der Waals surface area contributed by atoms with E-state index in [-0.39, 0.29) is 11.2 Å². The summed E-state index contributed by atoms with van der Waals surface area (Å²) < 4.78 is 6.28. The summed E-state index contributed by atoms with van der Waals surface area (Å²) in [5.41, 5.74) is 1.12. The van der Waals surface area contributed by atoms with Gasteiger partial charge < -0.3 is 15.2 Å². The van der Waals surface area contributed by atoms with Gasteiger partial charge in [0.2, 0.25) is 0 Å². The van der Waals surface area contributed by atoms with Crippen LogP contribution in [0.2, 0.25) is 0 Å². The molecule has 98 valence electrons. The number of methoxy groups -OCH3 is 1. The number of ether oxygens (including phenoxy) is 1. The van der Waals surface area contributed by atoms with Crippen LogP contribution in [0, 0.1) is 0 Å². The third kappa shape index (κ3) is 2.67. The van der Waals surface area contributed by atoms with Crippen molar-refractivity contribution in [1.29, 1.82) is 0 Å². The average Bonchev–Trinajstić information content (AvgIpc) is 2.29. The second-order valence-electron chi connectivity index (χ2n) is 4.59. The zero-order chi connectivity index (χ0) is 13.2. The fourth-order valence-electron chi connectivity index (χ4n) is 2.07. The Hall–Kier alpha value is -1.07. The second kappa shape index (κ2) is 5.28. The number of carbonyl (C=O) groups is 1. The summed E-state index contributed by atoms with van der Waals surface area (Å²) in [6.45, 7) is 0.745. The van der Waals surface area contributed by atoms with E-state index in [4.69, 9.17) is 9.84 Å². The lowest BCUT2D eigenvalue weighted by Gasteiger charge is -2.40. The van der Waals surface area contributed by atoms with Crippen LogP contribution in [0.25, 0.3) is 0 Å². The van der Waals surface area contributed by atoms with Crippen LogP contribution in [0.3, 0.4) is 0 Å². The number of rotatable bonds is 5. The molecule has 0 aromatic heterocycles. The number of hydrogen-bond acceptors (Lipinski definition) is 3. The molecule has 0 spiro atoms. The fraction of sp³-hybridized carbons (Fsp3) is 0.462. The first kappa shape index (κ1) is 13.4. The van der Waals surface area contributed by atoms with E-state index in [1.807, 2.05) is 0 Å². The molecule has 2 N–H and O–H groups in total. The Balaban J connectivity index is 2.03. The Morgan fingerprint density at radius 2 is 2.28 bits per heavy atom. The quantitative estimate of drug-likeness (QED) is 0.877. The SMILES string of the molecule is COC1(CNc2ccc(C(=O)O)cc2Br)CCC1. The Morgan fingerprint density at radius 3 is 2.72 bits per heavy atom. The number of benzene rings is 1. The minimum atomic E-state index is -0.922. The number of hydrogen-bond donors (Lipinski definition) is 2. The monoisotopic (exact) mass is 313 g/mol. The predicted molar refractivity (Wildman–Crippen MR) is 73.2 cm³/mol. The topological polar surface area (TPSA) is 58.6 Å². The zero-order valence-electron chi connectivity index (χ0n) is 10.2. The molecule has 0 unspecified atom stereocenters. The molecule has 4 nitrogen and oxygen atoms in total. The van der Waals surface area contributed by atoms with Crippen molar-refractivity contribution < 1.29 is 14.6 Å². The standard InChI is InChI=1S/C13H16BrNO3/c1-18-13(5-2-6-13)8-15-11-4-3-9(12(16)17)7-10(11)14/h3-4,7,15H,2,5-6,8H2,1H3,(H,16,17). The third-order valence-corrected chi connectivity index (χ3v) is 4.17. The lowest BCUT2D eigenvalue weighted by Crippen LogP contribution is -2.45.